The Bertz CT molecular complexity index is 385. The summed E-state index contributed by atoms with van der Waals surface area (Å²) in [7, 11) is 1.60. The first-order chi connectivity index (χ1) is 7.04. The second kappa shape index (κ2) is 3.49. The number of benzene rings is 1. The van der Waals surface area contributed by atoms with Crippen molar-refractivity contribution in [1.82, 2.24) is 0 Å². The van der Waals surface area contributed by atoms with E-state index in [2.05, 4.69) is 0 Å². The Morgan fingerprint density at radius 3 is 2.67 bits per heavy atom. The van der Waals surface area contributed by atoms with E-state index in [4.69, 9.17) is 10.5 Å². The van der Waals surface area contributed by atoms with Gasteiger partial charge in [-0.05, 0) is 49.4 Å². The third-order valence-corrected chi connectivity index (χ3v) is 3.00. The Morgan fingerprint density at radius 2 is 2.13 bits per heavy atom. The molecule has 0 aromatic heterocycles. The molecule has 0 amide bonds. The molecule has 1 aromatic carbocycles. The maximum absolute atomic E-state index is 13.6. The van der Waals surface area contributed by atoms with Crippen LogP contribution in [-0.4, -0.2) is 12.6 Å². The quantitative estimate of drug-likeness (QED) is 0.828. The normalized spacial score (nSPS) is 17.6. The monoisotopic (exact) mass is 209 g/mol. The minimum absolute atomic E-state index is 0.166. The zero-order chi connectivity index (χ0) is 11.1. The standard InChI is InChI=1S/C12H16FNO/c1-8-5-10(13)9(6-11(8)15-2)7-12(14)3-4-12/h5-6H,3-4,7,14H2,1-2H3. The van der Waals surface area contributed by atoms with Crippen molar-refractivity contribution in [1.29, 1.82) is 0 Å². The highest BCUT2D eigenvalue weighted by Gasteiger charge is 2.38. The Hall–Kier alpha value is -1.09. The molecule has 0 unspecified atom stereocenters. The first-order valence-corrected chi connectivity index (χ1v) is 5.16. The molecule has 2 N–H and O–H groups in total. The van der Waals surface area contributed by atoms with Crippen LogP contribution in [-0.2, 0) is 6.42 Å². The van der Waals surface area contributed by atoms with E-state index in [1.54, 1.807) is 13.2 Å². The van der Waals surface area contributed by atoms with E-state index in [9.17, 15) is 4.39 Å². The van der Waals surface area contributed by atoms with Gasteiger partial charge in [0.25, 0.3) is 0 Å². The molecule has 1 fully saturated rings. The van der Waals surface area contributed by atoms with Crippen LogP contribution in [0, 0.1) is 12.7 Å². The van der Waals surface area contributed by atoms with Crippen LogP contribution in [0.2, 0.25) is 0 Å². The average molecular weight is 209 g/mol. The molecule has 1 aliphatic carbocycles. The lowest BCUT2D eigenvalue weighted by Gasteiger charge is -2.12. The smallest absolute Gasteiger partial charge is 0.127 e. The number of ether oxygens (including phenoxy) is 1. The highest BCUT2D eigenvalue weighted by molar-refractivity contribution is 5.38. The van der Waals surface area contributed by atoms with Gasteiger partial charge in [0.2, 0.25) is 0 Å². The Balaban J connectivity index is 2.29. The van der Waals surface area contributed by atoms with Gasteiger partial charge in [-0.25, -0.2) is 4.39 Å². The largest absolute Gasteiger partial charge is 0.496 e. The topological polar surface area (TPSA) is 35.2 Å². The molecule has 1 aliphatic rings. The van der Waals surface area contributed by atoms with E-state index < -0.39 is 0 Å². The molecule has 0 atom stereocenters. The predicted octanol–water partition coefficient (Wildman–Crippen LogP) is 2.18. The van der Waals surface area contributed by atoms with Crippen LogP contribution in [0.5, 0.6) is 5.75 Å². The van der Waals surface area contributed by atoms with E-state index >= 15 is 0 Å². The molecule has 3 heteroatoms. The van der Waals surface area contributed by atoms with Gasteiger partial charge in [0, 0.05) is 5.54 Å². The van der Waals surface area contributed by atoms with E-state index in [0.29, 0.717) is 12.0 Å². The summed E-state index contributed by atoms with van der Waals surface area (Å²) in [5, 5.41) is 0. The summed E-state index contributed by atoms with van der Waals surface area (Å²) in [6, 6.07) is 3.28. The molecule has 2 nitrogen and oxygen atoms in total. The van der Waals surface area contributed by atoms with E-state index in [-0.39, 0.29) is 11.4 Å². The third kappa shape index (κ3) is 2.12. The van der Waals surface area contributed by atoms with Crippen molar-refractivity contribution in [3.05, 3.63) is 29.1 Å². The summed E-state index contributed by atoms with van der Waals surface area (Å²) in [6.07, 6.45) is 2.58. The van der Waals surface area contributed by atoms with Crippen molar-refractivity contribution in [2.24, 2.45) is 5.73 Å². The Labute approximate surface area is 89.2 Å². The molecule has 82 valence electrons. The van der Waals surface area contributed by atoms with Crippen molar-refractivity contribution in [3.8, 4) is 5.75 Å². The van der Waals surface area contributed by atoms with Crippen LogP contribution in [0.1, 0.15) is 24.0 Å². The summed E-state index contributed by atoms with van der Waals surface area (Å²) in [5.41, 5.74) is 7.29. The van der Waals surface area contributed by atoms with Gasteiger partial charge in [-0.2, -0.15) is 0 Å². The fourth-order valence-electron chi connectivity index (χ4n) is 1.77. The lowest BCUT2D eigenvalue weighted by Crippen LogP contribution is -2.25. The molecule has 0 heterocycles. The summed E-state index contributed by atoms with van der Waals surface area (Å²) in [4.78, 5) is 0. The number of rotatable bonds is 3. The van der Waals surface area contributed by atoms with Gasteiger partial charge < -0.3 is 10.5 Å². The van der Waals surface area contributed by atoms with Gasteiger partial charge in [0.05, 0.1) is 7.11 Å². The van der Waals surface area contributed by atoms with E-state index in [1.807, 2.05) is 6.92 Å². The fraction of sp³-hybridized carbons (Fsp3) is 0.500. The highest BCUT2D eigenvalue weighted by atomic mass is 19.1. The zero-order valence-electron chi connectivity index (χ0n) is 9.14. The lowest BCUT2D eigenvalue weighted by molar-refractivity contribution is 0.409. The molecule has 2 rings (SSSR count). The molecule has 1 saturated carbocycles. The number of nitrogens with two attached hydrogens (primary N) is 1. The SMILES string of the molecule is COc1cc(CC2(N)CC2)c(F)cc1C. The molecule has 15 heavy (non-hydrogen) atoms. The van der Waals surface area contributed by atoms with Crippen molar-refractivity contribution in [3.63, 3.8) is 0 Å². The van der Waals surface area contributed by atoms with E-state index in [0.717, 1.165) is 24.2 Å². The number of hydrogen-bond donors (Lipinski definition) is 1. The zero-order valence-corrected chi connectivity index (χ0v) is 9.14. The van der Waals surface area contributed by atoms with Gasteiger partial charge in [-0.3, -0.25) is 0 Å². The molecule has 0 radical (unpaired) electrons. The Kier molecular flexibility index (Phi) is 2.43. The van der Waals surface area contributed by atoms with Crippen molar-refractivity contribution in [2.75, 3.05) is 7.11 Å². The maximum Gasteiger partial charge on any atom is 0.127 e. The lowest BCUT2D eigenvalue weighted by atomic mass is 10.0. The highest BCUT2D eigenvalue weighted by Crippen LogP contribution is 2.37. The van der Waals surface area contributed by atoms with Crippen LogP contribution >= 0.6 is 0 Å². The molecule has 0 saturated heterocycles. The first kappa shape index (κ1) is 10.4. The van der Waals surface area contributed by atoms with Gasteiger partial charge >= 0.3 is 0 Å². The minimum Gasteiger partial charge on any atom is -0.496 e. The van der Waals surface area contributed by atoms with Gasteiger partial charge in [0.1, 0.15) is 11.6 Å². The maximum atomic E-state index is 13.6. The molecule has 1 aromatic rings. The van der Waals surface area contributed by atoms with Crippen LogP contribution in [0.15, 0.2) is 12.1 Å². The number of methoxy groups -OCH3 is 1. The van der Waals surface area contributed by atoms with E-state index in [1.165, 1.54) is 6.07 Å². The van der Waals surface area contributed by atoms with Crippen LogP contribution in [0.4, 0.5) is 4.39 Å². The molecular formula is C12H16FNO. The number of hydrogen-bond acceptors (Lipinski definition) is 2. The van der Waals surface area contributed by atoms with Crippen LogP contribution in [0.25, 0.3) is 0 Å². The second-order valence-corrected chi connectivity index (χ2v) is 4.45. The minimum atomic E-state index is -0.176. The third-order valence-electron chi connectivity index (χ3n) is 3.00. The average Bonchev–Trinajstić information content (AvgIpc) is 2.89. The molecular weight excluding hydrogens is 193 g/mol. The number of aryl methyl sites for hydroxylation is 1. The summed E-state index contributed by atoms with van der Waals surface area (Å²) in [5.74, 6) is 0.556. The molecule has 0 bridgehead atoms. The van der Waals surface area contributed by atoms with Gasteiger partial charge in [0.15, 0.2) is 0 Å². The Morgan fingerprint density at radius 1 is 1.47 bits per heavy atom. The number of halogens is 1. The second-order valence-electron chi connectivity index (χ2n) is 4.45. The van der Waals surface area contributed by atoms with Gasteiger partial charge in [-0.15, -0.1) is 0 Å². The van der Waals surface area contributed by atoms with Crippen LogP contribution < -0.4 is 10.5 Å². The van der Waals surface area contributed by atoms with Crippen molar-refractivity contribution in [2.45, 2.75) is 31.7 Å². The summed E-state index contributed by atoms with van der Waals surface area (Å²) in [6.45, 7) is 1.83. The van der Waals surface area contributed by atoms with Crippen molar-refractivity contribution >= 4 is 0 Å². The van der Waals surface area contributed by atoms with Crippen LogP contribution in [0.3, 0.4) is 0 Å². The summed E-state index contributed by atoms with van der Waals surface area (Å²) < 4.78 is 18.8. The molecule has 0 spiro atoms. The first-order valence-electron chi connectivity index (χ1n) is 5.16. The fourth-order valence-corrected chi connectivity index (χ4v) is 1.77. The van der Waals surface area contributed by atoms with Crippen molar-refractivity contribution < 1.29 is 9.13 Å². The summed E-state index contributed by atoms with van der Waals surface area (Å²) >= 11 is 0. The predicted molar refractivity (Wildman–Crippen MR) is 57.5 cm³/mol. The molecule has 0 aliphatic heterocycles. The van der Waals surface area contributed by atoms with Gasteiger partial charge in [-0.1, -0.05) is 0 Å².